The van der Waals surface area contributed by atoms with Gasteiger partial charge < -0.3 is 0 Å². The van der Waals surface area contributed by atoms with Crippen LogP contribution in [0, 0.1) is 13.8 Å². The summed E-state index contributed by atoms with van der Waals surface area (Å²) in [5.74, 6) is 3.60. The van der Waals surface area contributed by atoms with Gasteiger partial charge >= 0.3 is 0 Å². The van der Waals surface area contributed by atoms with Crippen LogP contribution in [0.1, 0.15) is 11.4 Å². The van der Waals surface area contributed by atoms with Crippen molar-refractivity contribution in [2.24, 2.45) is 0 Å². The summed E-state index contributed by atoms with van der Waals surface area (Å²) < 4.78 is 0. The highest BCUT2D eigenvalue weighted by atomic mass is 15.0. The van der Waals surface area contributed by atoms with Gasteiger partial charge in [0.25, 0.3) is 0 Å². The van der Waals surface area contributed by atoms with Crippen LogP contribution in [0.25, 0.3) is 113 Å². The minimum Gasteiger partial charge on any atom is -0.258 e. The molecule has 0 radical (unpaired) electrons. The largest absolute Gasteiger partial charge is 0.258 e. The SMILES string of the molecule is Cc1cc(-c2cccc(-c3ccc(-c4nc(-c5ccccc5)nc(-c5cccc(-c6ccccc6)c5)n4)cc3)c2-c2ccccc2-c2nc(-c3ccccc3)nc(-c3ccccc3)n2)cc(C)n1. The third-order valence-electron chi connectivity index (χ3n) is 11.9. The van der Waals surface area contributed by atoms with E-state index in [0.29, 0.717) is 34.9 Å². The standard InChI is InChI=1S/C61H43N7/c1-40-37-50(38-41(2)62-40)52-32-18-31-51(55(52)53-29-15-16-30-54(53)61-67-57(45-23-11-5-12-24-45)64-58(68-61)46-25-13-6-14-26-46)43-33-35-47(36-34-43)59-63-56(44-21-9-4-10-22-44)65-60(66-59)49-28-17-27-48(39-49)42-19-7-3-8-20-42/h3-39H,1-2H3. The van der Waals surface area contributed by atoms with Gasteiger partial charge in [-0.1, -0.05) is 206 Å². The molecule has 68 heavy (non-hydrogen) atoms. The maximum atomic E-state index is 5.19. The second-order valence-electron chi connectivity index (χ2n) is 16.6. The van der Waals surface area contributed by atoms with Crippen LogP contribution < -0.4 is 0 Å². The van der Waals surface area contributed by atoms with Gasteiger partial charge in [-0.25, -0.2) is 29.9 Å². The summed E-state index contributed by atoms with van der Waals surface area (Å²) in [6.07, 6.45) is 0. The van der Waals surface area contributed by atoms with E-state index in [4.69, 9.17) is 34.9 Å². The van der Waals surface area contributed by atoms with E-state index in [9.17, 15) is 0 Å². The Labute approximate surface area is 395 Å². The average Bonchev–Trinajstić information content (AvgIpc) is 3.41. The number of pyridine rings is 1. The molecule has 3 heterocycles. The lowest BCUT2D eigenvalue weighted by Gasteiger charge is -2.19. The van der Waals surface area contributed by atoms with E-state index in [2.05, 4.69) is 127 Å². The number of aryl methyl sites for hydroxylation is 2. The number of hydrogen-bond donors (Lipinski definition) is 0. The Morgan fingerprint density at radius 1 is 0.206 bits per heavy atom. The molecule has 0 bridgehead atoms. The van der Waals surface area contributed by atoms with Crippen molar-refractivity contribution in [2.45, 2.75) is 13.8 Å². The lowest BCUT2D eigenvalue weighted by atomic mass is 9.85. The topological polar surface area (TPSA) is 90.2 Å². The molecule has 0 unspecified atom stereocenters. The molecule has 0 amide bonds. The van der Waals surface area contributed by atoms with Crippen LogP contribution in [0.3, 0.4) is 0 Å². The summed E-state index contributed by atoms with van der Waals surface area (Å²) in [4.78, 5) is 35.4. The molecular formula is C61H43N7. The zero-order valence-electron chi connectivity index (χ0n) is 37.5. The van der Waals surface area contributed by atoms with Crippen LogP contribution in [0.4, 0.5) is 0 Å². The number of hydrogen-bond acceptors (Lipinski definition) is 7. The molecule has 0 fully saturated rings. The Morgan fingerprint density at radius 2 is 0.544 bits per heavy atom. The predicted molar refractivity (Wildman–Crippen MR) is 275 cm³/mol. The second-order valence-corrected chi connectivity index (χ2v) is 16.6. The molecular weight excluding hydrogens is 831 g/mol. The first-order valence-corrected chi connectivity index (χ1v) is 22.6. The first kappa shape index (κ1) is 41.6. The first-order valence-electron chi connectivity index (χ1n) is 22.6. The summed E-state index contributed by atoms with van der Waals surface area (Å²) in [6.45, 7) is 4.09. The number of nitrogens with zero attached hydrogens (tertiary/aromatic N) is 7. The Hall–Kier alpha value is -9.07. The molecule has 11 rings (SSSR count). The second kappa shape index (κ2) is 18.4. The van der Waals surface area contributed by atoms with E-state index >= 15 is 0 Å². The number of benzene rings is 8. The van der Waals surface area contributed by atoms with Gasteiger partial charge in [-0.3, -0.25) is 4.98 Å². The maximum Gasteiger partial charge on any atom is 0.164 e. The zero-order chi connectivity index (χ0) is 45.8. The van der Waals surface area contributed by atoms with Crippen LogP contribution in [-0.4, -0.2) is 34.9 Å². The monoisotopic (exact) mass is 873 g/mol. The summed E-state index contributed by atoms with van der Waals surface area (Å²) in [6, 6.07) is 76.8. The molecule has 7 nitrogen and oxygen atoms in total. The van der Waals surface area contributed by atoms with Gasteiger partial charge in [0, 0.05) is 44.8 Å². The molecule has 0 aliphatic heterocycles. The van der Waals surface area contributed by atoms with Gasteiger partial charge in [0.2, 0.25) is 0 Å². The third-order valence-corrected chi connectivity index (χ3v) is 11.9. The van der Waals surface area contributed by atoms with Gasteiger partial charge in [0.15, 0.2) is 34.9 Å². The molecule has 0 aliphatic rings. The van der Waals surface area contributed by atoms with Crippen LogP contribution in [0.5, 0.6) is 0 Å². The van der Waals surface area contributed by atoms with Crippen molar-refractivity contribution < 1.29 is 0 Å². The summed E-state index contributed by atoms with van der Waals surface area (Å²) >= 11 is 0. The van der Waals surface area contributed by atoms with E-state index in [1.807, 2.05) is 111 Å². The van der Waals surface area contributed by atoms with Crippen LogP contribution in [0.15, 0.2) is 224 Å². The van der Waals surface area contributed by atoms with E-state index < -0.39 is 0 Å². The quantitative estimate of drug-likeness (QED) is 0.135. The molecule has 0 atom stereocenters. The summed E-state index contributed by atoms with van der Waals surface area (Å²) in [7, 11) is 0. The van der Waals surface area contributed by atoms with Gasteiger partial charge in [0.05, 0.1) is 0 Å². The summed E-state index contributed by atoms with van der Waals surface area (Å²) in [5.41, 5.74) is 15.8. The van der Waals surface area contributed by atoms with Crippen molar-refractivity contribution in [3.63, 3.8) is 0 Å². The van der Waals surface area contributed by atoms with Crippen molar-refractivity contribution in [2.75, 3.05) is 0 Å². The highest BCUT2D eigenvalue weighted by Crippen LogP contribution is 2.44. The van der Waals surface area contributed by atoms with Gasteiger partial charge in [0.1, 0.15) is 0 Å². The molecule has 0 spiro atoms. The molecule has 0 aliphatic carbocycles. The fourth-order valence-corrected chi connectivity index (χ4v) is 8.76. The highest BCUT2D eigenvalue weighted by molar-refractivity contribution is 5.99. The number of aromatic nitrogens is 7. The van der Waals surface area contributed by atoms with E-state index in [0.717, 1.165) is 89.3 Å². The molecule has 0 saturated heterocycles. The summed E-state index contributed by atoms with van der Waals surface area (Å²) in [5, 5.41) is 0. The van der Waals surface area contributed by atoms with Crippen LogP contribution in [-0.2, 0) is 0 Å². The zero-order valence-corrected chi connectivity index (χ0v) is 37.5. The van der Waals surface area contributed by atoms with Crippen molar-refractivity contribution >= 4 is 0 Å². The van der Waals surface area contributed by atoms with Crippen LogP contribution >= 0.6 is 0 Å². The Morgan fingerprint density at radius 3 is 1.06 bits per heavy atom. The maximum absolute atomic E-state index is 5.19. The van der Waals surface area contributed by atoms with Crippen molar-refractivity contribution in [1.82, 2.24) is 34.9 Å². The van der Waals surface area contributed by atoms with Gasteiger partial charge in [-0.05, 0) is 76.6 Å². The van der Waals surface area contributed by atoms with E-state index in [1.165, 1.54) is 0 Å². The van der Waals surface area contributed by atoms with Crippen LogP contribution in [0.2, 0.25) is 0 Å². The fraction of sp³-hybridized carbons (Fsp3) is 0.0328. The molecule has 3 aromatic heterocycles. The molecule has 7 heteroatoms. The highest BCUT2D eigenvalue weighted by Gasteiger charge is 2.22. The average molecular weight is 874 g/mol. The van der Waals surface area contributed by atoms with Crippen molar-refractivity contribution in [1.29, 1.82) is 0 Å². The molecule has 322 valence electrons. The Kier molecular flexibility index (Phi) is 11.3. The van der Waals surface area contributed by atoms with Gasteiger partial charge in [-0.15, -0.1) is 0 Å². The molecule has 8 aromatic carbocycles. The minimum absolute atomic E-state index is 0.584. The van der Waals surface area contributed by atoms with Gasteiger partial charge in [-0.2, -0.15) is 0 Å². The van der Waals surface area contributed by atoms with E-state index in [1.54, 1.807) is 0 Å². The predicted octanol–water partition coefficient (Wildman–Crippen LogP) is 14.7. The minimum atomic E-state index is 0.584. The lowest BCUT2D eigenvalue weighted by molar-refractivity contribution is 1.07. The molecule has 0 saturated carbocycles. The van der Waals surface area contributed by atoms with Crippen molar-refractivity contribution in [3.05, 3.63) is 236 Å². The van der Waals surface area contributed by atoms with Crippen molar-refractivity contribution in [3.8, 4) is 113 Å². The lowest BCUT2D eigenvalue weighted by Crippen LogP contribution is -2.02. The smallest absolute Gasteiger partial charge is 0.164 e. The Balaban J connectivity index is 1.07. The fourth-order valence-electron chi connectivity index (χ4n) is 8.76. The normalized spacial score (nSPS) is 11.1. The third kappa shape index (κ3) is 8.60. The molecule has 0 N–H and O–H groups in total. The number of rotatable bonds is 10. The Bertz CT molecular complexity index is 3480. The first-order chi connectivity index (χ1) is 33.5. The van der Waals surface area contributed by atoms with E-state index in [-0.39, 0.29) is 0 Å². The molecule has 11 aromatic rings.